The van der Waals surface area contributed by atoms with Crippen molar-refractivity contribution in [2.75, 3.05) is 33.2 Å². The third kappa shape index (κ3) is 11.6. The molecule has 2 heteroatoms. The summed E-state index contributed by atoms with van der Waals surface area (Å²) >= 11 is 0. The van der Waals surface area contributed by atoms with Crippen molar-refractivity contribution in [3.8, 4) is 0 Å². The SMILES string of the molecule is C=CCCCN(C)CCCNCC(C)C. The van der Waals surface area contributed by atoms with E-state index in [1.54, 1.807) is 0 Å². The average molecular weight is 212 g/mol. The van der Waals surface area contributed by atoms with Crippen molar-refractivity contribution in [1.82, 2.24) is 10.2 Å². The Morgan fingerprint density at radius 2 is 1.93 bits per heavy atom. The Labute approximate surface area is 95.7 Å². The van der Waals surface area contributed by atoms with E-state index < -0.39 is 0 Å². The molecule has 0 bridgehead atoms. The van der Waals surface area contributed by atoms with Gasteiger partial charge in [-0.25, -0.2) is 0 Å². The van der Waals surface area contributed by atoms with E-state index in [-0.39, 0.29) is 0 Å². The van der Waals surface area contributed by atoms with E-state index in [1.807, 2.05) is 6.08 Å². The van der Waals surface area contributed by atoms with Crippen molar-refractivity contribution < 1.29 is 0 Å². The highest BCUT2D eigenvalue weighted by Gasteiger charge is 1.97. The first-order valence-electron chi connectivity index (χ1n) is 6.17. The molecule has 0 spiro atoms. The van der Waals surface area contributed by atoms with E-state index in [9.17, 15) is 0 Å². The molecule has 0 saturated carbocycles. The standard InChI is InChI=1S/C13H28N2/c1-5-6-7-10-15(4)11-8-9-14-12-13(2)3/h5,13-14H,1,6-12H2,2-4H3. The molecule has 0 saturated heterocycles. The zero-order chi connectivity index (χ0) is 11.5. The molecule has 0 amide bonds. The van der Waals surface area contributed by atoms with Crippen LogP contribution < -0.4 is 5.32 Å². The van der Waals surface area contributed by atoms with Crippen LogP contribution in [0.25, 0.3) is 0 Å². The Bertz CT molecular complexity index is 143. The number of hydrogen-bond acceptors (Lipinski definition) is 2. The van der Waals surface area contributed by atoms with Gasteiger partial charge in [0.2, 0.25) is 0 Å². The second-order valence-corrected chi connectivity index (χ2v) is 4.69. The van der Waals surface area contributed by atoms with Crippen molar-refractivity contribution in [2.45, 2.75) is 33.1 Å². The fraction of sp³-hybridized carbons (Fsp3) is 0.846. The molecule has 0 aromatic carbocycles. The summed E-state index contributed by atoms with van der Waals surface area (Å²) < 4.78 is 0. The second-order valence-electron chi connectivity index (χ2n) is 4.69. The van der Waals surface area contributed by atoms with Gasteiger partial charge in [-0.15, -0.1) is 6.58 Å². The van der Waals surface area contributed by atoms with Gasteiger partial charge in [-0.2, -0.15) is 0 Å². The molecule has 0 heterocycles. The third-order valence-electron chi connectivity index (χ3n) is 2.39. The van der Waals surface area contributed by atoms with E-state index in [0.29, 0.717) is 0 Å². The lowest BCUT2D eigenvalue weighted by atomic mass is 10.2. The predicted octanol–water partition coefficient (Wildman–Crippen LogP) is 2.52. The van der Waals surface area contributed by atoms with Crippen LogP contribution in [0.15, 0.2) is 12.7 Å². The molecule has 0 aromatic rings. The predicted molar refractivity (Wildman–Crippen MR) is 69.3 cm³/mol. The van der Waals surface area contributed by atoms with Crippen LogP contribution >= 0.6 is 0 Å². The Kier molecular flexibility index (Phi) is 9.96. The highest BCUT2D eigenvalue weighted by molar-refractivity contribution is 4.67. The first-order chi connectivity index (χ1) is 7.16. The van der Waals surface area contributed by atoms with Gasteiger partial charge in [0.15, 0.2) is 0 Å². The quantitative estimate of drug-likeness (QED) is 0.442. The summed E-state index contributed by atoms with van der Waals surface area (Å²) in [6, 6.07) is 0. The molecule has 0 aliphatic heterocycles. The van der Waals surface area contributed by atoms with Crippen LogP contribution in [0.5, 0.6) is 0 Å². The maximum Gasteiger partial charge on any atom is -0.000969 e. The van der Waals surface area contributed by atoms with Crippen molar-refractivity contribution in [1.29, 1.82) is 0 Å². The van der Waals surface area contributed by atoms with Gasteiger partial charge in [-0.05, 0) is 58.4 Å². The fourth-order valence-electron chi connectivity index (χ4n) is 1.48. The number of rotatable bonds is 10. The van der Waals surface area contributed by atoms with Crippen molar-refractivity contribution in [2.24, 2.45) is 5.92 Å². The fourth-order valence-corrected chi connectivity index (χ4v) is 1.48. The minimum atomic E-state index is 0.760. The van der Waals surface area contributed by atoms with Gasteiger partial charge in [0.1, 0.15) is 0 Å². The maximum atomic E-state index is 3.73. The molecule has 0 fully saturated rings. The maximum absolute atomic E-state index is 3.73. The number of nitrogens with one attached hydrogen (secondary N) is 1. The smallest absolute Gasteiger partial charge is 0.000969 e. The molecule has 0 rings (SSSR count). The van der Waals surface area contributed by atoms with Crippen LogP contribution in [-0.2, 0) is 0 Å². The normalized spacial score (nSPS) is 11.3. The molecule has 0 aromatic heterocycles. The van der Waals surface area contributed by atoms with Gasteiger partial charge >= 0.3 is 0 Å². The van der Waals surface area contributed by atoms with Crippen molar-refractivity contribution in [3.63, 3.8) is 0 Å². The average Bonchev–Trinajstić information content (AvgIpc) is 2.17. The summed E-state index contributed by atoms with van der Waals surface area (Å²) in [6.07, 6.45) is 5.62. The van der Waals surface area contributed by atoms with Crippen molar-refractivity contribution in [3.05, 3.63) is 12.7 Å². The summed E-state index contributed by atoms with van der Waals surface area (Å²) in [7, 11) is 2.20. The van der Waals surface area contributed by atoms with Crippen LogP contribution in [0.4, 0.5) is 0 Å². The summed E-state index contributed by atoms with van der Waals surface area (Å²) in [5.74, 6) is 0.760. The van der Waals surface area contributed by atoms with E-state index in [1.165, 1.54) is 25.9 Å². The molecule has 1 N–H and O–H groups in total. The summed E-state index contributed by atoms with van der Waals surface area (Å²) in [5.41, 5.74) is 0. The highest BCUT2D eigenvalue weighted by atomic mass is 15.1. The topological polar surface area (TPSA) is 15.3 Å². The van der Waals surface area contributed by atoms with Gasteiger partial charge in [0, 0.05) is 0 Å². The minimum Gasteiger partial charge on any atom is -0.316 e. The van der Waals surface area contributed by atoms with Crippen LogP contribution in [0.3, 0.4) is 0 Å². The number of allylic oxidation sites excluding steroid dienone is 1. The van der Waals surface area contributed by atoms with Crippen LogP contribution in [0, 0.1) is 5.92 Å². The summed E-state index contributed by atoms with van der Waals surface area (Å²) in [5, 5.41) is 3.46. The molecule has 2 nitrogen and oxygen atoms in total. The Morgan fingerprint density at radius 1 is 1.27 bits per heavy atom. The molecule has 0 aliphatic rings. The van der Waals surface area contributed by atoms with Crippen LogP contribution in [0.1, 0.15) is 33.1 Å². The molecule has 0 unspecified atom stereocenters. The Hall–Kier alpha value is -0.340. The lowest BCUT2D eigenvalue weighted by molar-refractivity contribution is 0.322. The minimum absolute atomic E-state index is 0.760. The number of unbranched alkanes of at least 4 members (excludes halogenated alkanes) is 1. The highest BCUT2D eigenvalue weighted by Crippen LogP contribution is 1.94. The molecule has 15 heavy (non-hydrogen) atoms. The molecule has 0 aliphatic carbocycles. The lowest BCUT2D eigenvalue weighted by Crippen LogP contribution is -2.26. The van der Waals surface area contributed by atoms with Crippen LogP contribution in [-0.4, -0.2) is 38.1 Å². The van der Waals surface area contributed by atoms with Gasteiger partial charge in [-0.3, -0.25) is 0 Å². The van der Waals surface area contributed by atoms with Gasteiger partial charge in [0.25, 0.3) is 0 Å². The van der Waals surface area contributed by atoms with Crippen molar-refractivity contribution >= 4 is 0 Å². The third-order valence-corrected chi connectivity index (χ3v) is 2.39. The van der Waals surface area contributed by atoms with Gasteiger partial charge in [0.05, 0.1) is 0 Å². The van der Waals surface area contributed by atoms with Gasteiger partial charge in [-0.1, -0.05) is 19.9 Å². The van der Waals surface area contributed by atoms with E-state index >= 15 is 0 Å². The molecule has 0 atom stereocenters. The molecular weight excluding hydrogens is 184 g/mol. The molecule has 0 radical (unpaired) electrons. The summed E-state index contributed by atoms with van der Waals surface area (Å²) in [6.45, 7) is 12.9. The molecule has 90 valence electrons. The largest absolute Gasteiger partial charge is 0.316 e. The zero-order valence-corrected chi connectivity index (χ0v) is 10.8. The first kappa shape index (κ1) is 14.7. The van der Waals surface area contributed by atoms with Crippen LogP contribution in [0.2, 0.25) is 0 Å². The monoisotopic (exact) mass is 212 g/mol. The lowest BCUT2D eigenvalue weighted by Gasteiger charge is -2.16. The summed E-state index contributed by atoms with van der Waals surface area (Å²) in [4.78, 5) is 2.40. The Morgan fingerprint density at radius 3 is 2.53 bits per heavy atom. The molecular formula is C13H28N2. The number of nitrogens with zero attached hydrogens (tertiary/aromatic N) is 1. The Balaban J connectivity index is 3.16. The first-order valence-corrected chi connectivity index (χ1v) is 6.17. The van der Waals surface area contributed by atoms with E-state index in [2.05, 4.69) is 37.7 Å². The number of hydrogen-bond donors (Lipinski definition) is 1. The van der Waals surface area contributed by atoms with Gasteiger partial charge < -0.3 is 10.2 Å². The van der Waals surface area contributed by atoms with E-state index in [4.69, 9.17) is 0 Å². The zero-order valence-electron chi connectivity index (χ0n) is 10.8. The second kappa shape index (κ2) is 10.2. The van der Waals surface area contributed by atoms with E-state index in [0.717, 1.165) is 25.4 Å².